The van der Waals surface area contributed by atoms with Crippen molar-refractivity contribution >= 4 is 22.6 Å². The second-order valence-electron chi connectivity index (χ2n) is 5.05. The molecule has 108 valence electrons. The molecule has 1 aromatic carbocycles. The van der Waals surface area contributed by atoms with E-state index in [9.17, 15) is 0 Å². The van der Waals surface area contributed by atoms with Gasteiger partial charge in [-0.2, -0.15) is 0 Å². The second-order valence-corrected chi connectivity index (χ2v) is 6.13. The third-order valence-electron chi connectivity index (χ3n) is 3.32. The van der Waals surface area contributed by atoms with E-state index in [2.05, 4.69) is 53.8 Å². The first-order valence-electron chi connectivity index (χ1n) is 7.64. The van der Waals surface area contributed by atoms with Crippen LogP contribution in [-0.2, 0) is 6.42 Å². The van der Waals surface area contributed by atoms with Crippen LogP contribution >= 0.6 is 22.6 Å². The number of benzene rings is 1. The van der Waals surface area contributed by atoms with E-state index in [-0.39, 0.29) is 0 Å². The van der Waals surface area contributed by atoms with Crippen LogP contribution in [0, 0.1) is 0 Å². The van der Waals surface area contributed by atoms with Crippen molar-refractivity contribution in [2.45, 2.75) is 58.3 Å². The Morgan fingerprint density at radius 1 is 0.895 bits per heavy atom. The maximum absolute atomic E-state index is 5.76. The molecular formula is C17H27IO. The molecule has 1 aromatic rings. The molecule has 0 N–H and O–H groups in total. The highest BCUT2D eigenvalue weighted by molar-refractivity contribution is 14.1. The first-order valence-corrected chi connectivity index (χ1v) is 9.17. The molecule has 2 heteroatoms. The standard InChI is InChI=1S/C17H27IO/c1-2-3-4-5-6-7-8-15-19-17-11-9-16(10-12-17)13-14-18/h9-12H,2-8,13-15H2,1H3. The number of hydrogen-bond donors (Lipinski definition) is 0. The fourth-order valence-corrected chi connectivity index (χ4v) is 2.73. The van der Waals surface area contributed by atoms with Crippen molar-refractivity contribution < 1.29 is 4.74 Å². The molecule has 0 saturated heterocycles. The van der Waals surface area contributed by atoms with Crippen molar-refractivity contribution in [3.05, 3.63) is 29.8 Å². The molecular weight excluding hydrogens is 347 g/mol. The van der Waals surface area contributed by atoms with Crippen LogP contribution in [0.4, 0.5) is 0 Å². The van der Waals surface area contributed by atoms with Crippen LogP contribution in [-0.4, -0.2) is 11.0 Å². The molecule has 0 aliphatic heterocycles. The van der Waals surface area contributed by atoms with Crippen LogP contribution < -0.4 is 4.74 Å². The average molecular weight is 374 g/mol. The molecule has 0 saturated carbocycles. The normalized spacial score (nSPS) is 10.6. The monoisotopic (exact) mass is 374 g/mol. The summed E-state index contributed by atoms with van der Waals surface area (Å²) in [4.78, 5) is 0. The number of rotatable bonds is 11. The summed E-state index contributed by atoms with van der Waals surface area (Å²) in [7, 11) is 0. The Bertz CT molecular complexity index is 308. The molecule has 0 spiro atoms. The van der Waals surface area contributed by atoms with E-state index >= 15 is 0 Å². The van der Waals surface area contributed by atoms with Crippen LogP contribution in [0.5, 0.6) is 5.75 Å². The van der Waals surface area contributed by atoms with Gasteiger partial charge in [-0.05, 0) is 30.5 Å². The first kappa shape index (κ1) is 16.8. The summed E-state index contributed by atoms with van der Waals surface area (Å²) >= 11 is 2.41. The maximum atomic E-state index is 5.76. The molecule has 19 heavy (non-hydrogen) atoms. The lowest BCUT2D eigenvalue weighted by molar-refractivity contribution is 0.304. The fraction of sp³-hybridized carbons (Fsp3) is 0.647. The van der Waals surface area contributed by atoms with E-state index in [0.29, 0.717) is 0 Å². The third kappa shape index (κ3) is 8.51. The lowest BCUT2D eigenvalue weighted by Crippen LogP contribution is -1.97. The Labute approximate surface area is 132 Å². The van der Waals surface area contributed by atoms with Crippen molar-refractivity contribution in [1.29, 1.82) is 0 Å². The minimum absolute atomic E-state index is 0.861. The first-order chi connectivity index (χ1) is 9.36. The van der Waals surface area contributed by atoms with Gasteiger partial charge in [-0.3, -0.25) is 0 Å². The smallest absolute Gasteiger partial charge is 0.119 e. The lowest BCUT2D eigenvalue weighted by Gasteiger charge is -2.07. The van der Waals surface area contributed by atoms with Gasteiger partial charge in [0.25, 0.3) is 0 Å². The molecule has 1 rings (SSSR count). The van der Waals surface area contributed by atoms with Gasteiger partial charge in [0.05, 0.1) is 6.61 Å². The van der Waals surface area contributed by atoms with E-state index in [1.807, 2.05) is 0 Å². The summed E-state index contributed by atoms with van der Waals surface area (Å²) in [6, 6.07) is 8.56. The highest BCUT2D eigenvalue weighted by Gasteiger charge is 1.96. The van der Waals surface area contributed by atoms with Crippen molar-refractivity contribution in [2.75, 3.05) is 11.0 Å². The number of alkyl halides is 1. The molecule has 0 atom stereocenters. The fourth-order valence-electron chi connectivity index (χ4n) is 2.11. The Hall–Kier alpha value is -0.250. The minimum Gasteiger partial charge on any atom is -0.494 e. The van der Waals surface area contributed by atoms with Crippen LogP contribution in [0.25, 0.3) is 0 Å². The van der Waals surface area contributed by atoms with Gasteiger partial charge in [0, 0.05) is 4.43 Å². The summed E-state index contributed by atoms with van der Waals surface area (Å²) in [5, 5.41) is 0. The Kier molecular flexibility index (Phi) is 10.2. The van der Waals surface area contributed by atoms with Gasteiger partial charge in [0.1, 0.15) is 5.75 Å². The van der Waals surface area contributed by atoms with Crippen LogP contribution in [0.1, 0.15) is 57.4 Å². The predicted octanol–water partition coefficient (Wildman–Crippen LogP) is 5.79. The van der Waals surface area contributed by atoms with Gasteiger partial charge in [0.2, 0.25) is 0 Å². The van der Waals surface area contributed by atoms with Gasteiger partial charge < -0.3 is 4.74 Å². The highest BCUT2D eigenvalue weighted by atomic mass is 127. The Morgan fingerprint density at radius 2 is 1.53 bits per heavy atom. The summed E-state index contributed by atoms with van der Waals surface area (Å²) in [6.45, 7) is 3.12. The van der Waals surface area contributed by atoms with Crippen molar-refractivity contribution in [3.8, 4) is 5.75 Å². The molecule has 0 aromatic heterocycles. The Morgan fingerprint density at radius 3 is 2.16 bits per heavy atom. The molecule has 0 unspecified atom stereocenters. The quantitative estimate of drug-likeness (QED) is 0.270. The number of hydrogen-bond acceptors (Lipinski definition) is 1. The van der Waals surface area contributed by atoms with Gasteiger partial charge >= 0.3 is 0 Å². The number of ether oxygens (including phenoxy) is 1. The number of halogens is 1. The average Bonchev–Trinajstić information content (AvgIpc) is 2.44. The highest BCUT2D eigenvalue weighted by Crippen LogP contribution is 2.14. The van der Waals surface area contributed by atoms with Gasteiger partial charge in [0.15, 0.2) is 0 Å². The van der Waals surface area contributed by atoms with E-state index in [1.54, 1.807) is 0 Å². The number of aryl methyl sites for hydroxylation is 1. The van der Waals surface area contributed by atoms with Gasteiger partial charge in [-0.1, -0.05) is 80.2 Å². The molecule has 0 amide bonds. The van der Waals surface area contributed by atoms with Crippen molar-refractivity contribution in [2.24, 2.45) is 0 Å². The van der Waals surface area contributed by atoms with Gasteiger partial charge in [-0.15, -0.1) is 0 Å². The van der Waals surface area contributed by atoms with E-state index in [4.69, 9.17) is 4.74 Å². The summed E-state index contributed by atoms with van der Waals surface area (Å²) in [6.07, 6.45) is 10.5. The Balaban J connectivity index is 2.02. The molecule has 0 aliphatic carbocycles. The molecule has 0 bridgehead atoms. The summed E-state index contributed by atoms with van der Waals surface area (Å²) in [5.74, 6) is 1.02. The maximum Gasteiger partial charge on any atom is 0.119 e. The van der Waals surface area contributed by atoms with E-state index in [0.717, 1.165) is 18.8 Å². The largest absolute Gasteiger partial charge is 0.494 e. The van der Waals surface area contributed by atoms with Gasteiger partial charge in [-0.25, -0.2) is 0 Å². The van der Waals surface area contributed by atoms with E-state index < -0.39 is 0 Å². The predicted molar refractivity (Wildman–Crippen MR) is 92.5 cm³/mol. The summed E-state index contributed by atoms with van der Waals surface area (Å²) in [5.41, 5.74) is 1.40. The molecule has 0 radical (unpaired) electrons. The van der Waals surface area contributed by atoms with Crippen molar-refractivity contribution in [1.82, 2.24) is 0 Å². The zero-order valence-electron chi connectivity index (χ0n) is 12.2. The second kappa shape index (κ2) is 11.6. The van der Waals surface area contributed by atoms with Crippen molar-refractivity contribution in [3.63, 3.8) is 0 Å². The molecule has 1 nitrogen and oxygen atoms in total. The van der Waals surface area contributed by atoms with Crippen LogP contribution in [0.15, 0.2) is 24.3 Å². The zero-order chi connectivity index (χ0) is 13.8. The SMILES string of the molecule is CCCCCCCCCOc1ccc(CCI)cc1. The topological polar surface area (TPSA) is 9.23 Å². The number of unbranched alkanes of at least 4 members (excludes halogenated alkanes) is 6. The molecule has 0 aliphatic rings. The zero-order valence-corrected chi connectivity index (χ0v) is 14.3. The minimum atomic E-state index is 0.861. The summed E-state index contributed by atoms with van der Waals surface area (Å²) < 4.78 is 6.94. The van der Waals surface area contributed by atoms with Crippen LogP contribution in [0.2, 0.25) is 0 Å². The molecule has 0 heterocycles. The van der Waals surface area contributed by atoms with E-state index in [1.165, 1.54) is 54.9 Å². The lowest BCUT2D eigenvalue weighted by atomic mass is 10.1. The third-order valence-corrected chi connectivity index (χ3v) is 3.86. The molecule has 0 fully saturated rings. The van der Waals surface area contributed by atoms with Crippen LogP contribution in [0.3, 0.4) is 0 Å².